The SMILES string of the molecule is COc1cc(C=NNC(=O)c2[nH]c3c(C#N)cccc3c2-c2ccccc2Cl)ccc1OC(=O)c1ccc(Cl)cc1. The van der Waals surface area contributed by atoms with Crippen LogP contribution in [0.15, 0.2) is 90.0 Å². The van der Waals surface area contributed by atoms with Crippen molar-refractivity contribution in [3.05, 3.63) is 117 Å². The fraction of sp³-hybridized carbons (Fsp3) is 0.0323. The van der Waals surface area contributed by atoms with Gasteiger partial charge in [0, 0.05) is 26.6 Å². The number of carbonyl (C=O) groups excluding carboxylic acids is 2. The van der Waals surface area contributed by atoms with Gasteiger partial charge in [0.2, 0.25) is 0 Å². The fourth-order valence-electron chi connectivity index (χ4n) is 4.24. The van der Waals surface area contributed by atoms with E-state index < -0.39 is 11.9 Å². The average molecular weight is 583 g/mol. The first-order valence-electron chi connectivity index (χ1n) is 12.2. The Kier molecular flexibility index (Phi) is 8.01. The van der Waals surface area contributed by atoms with Gasteiger partial charge in [-0.1, -0.05) is 53.5 Å². The number of hydrazone groups is 1. The second kappa shape index (κ2) is 12.0. The van der Waals surface area contributed by atoms with Crippen LogP contribution in [0.4, 0.5) is 0 Å². The quantitative estimate of drug-likeness (QED) is 0.0926. The van der Waals surface area contributed by atoms with Gasteiger partial charge in [0.15, 0.2) is 11.5 Å². The number of halogens is 2. The number of esters is 1. The molecule has 41 heavy (non-hydrogen) atoms. The van der Waals surface area contributed by atoms with Crippen LogP contribution in [0.5, 0.6) is 11.5 Å². The molecular formula is C31H20Cl2N4O4. The Labute approximate surface area is 244 Å². The molecule has 0 saturated heterocycles. The third kappa shape index (κ3) is 5.77. The summed E-state index contributed by atoms with van der Waals surface area (Å²) in [6.45, 7) is 0. The van der Waals surface area contributed by atoms with E-state index in [9.17, 15) is 14.9 Å². The molecule has 2 N–H and O–H groups in total. The van der Waals surface area contributed by atoms with Gasteiger partial charge in [-0.15, -0.1) is 0 Å². The predicted molar refractivity (Wildman–Crippen MR) is 158 cm³/mol. The number of ether oxygens (including phenoxy) is 2. The van der Waals surface area contributed by atoms with Crippen LogP contribution in [0.3, 0.4) is 0 Å². The third-order valence-corrected chi connectivity index (χ3v) is 6.76. The lowest BCUT2D eigenvalue weighted by molar-refractivity contribution is 0.0729. The monoisotopic (exact) mass is 582 g/mol. The second-order valence-electron chi connectivity index (χ2n) is 8.70. The Hall–Kier alpha value is -5.10. The normalized spacial score (nSPS) is 10.9. The van der Waals surface area contributed by atoms with E-state index in [1.165, 1.54) is 13.3 Å². The molecule has 0 bridgehead atoms. The highest BCUT2D eigenvalue weighted by molar-refractivity contribution is 6.34. The van der Waals surface area contributed by atoms with Gasteiger partial charge in [0.05, 0.1) is 30.0 Å². The number of nitrogens with zero attached hydrogens (tertiary/aromatic N) is 2. The number of methoxy groups -OCH3 is 1. The maximum atomic E-state index is 13.3. The molecular weight excluding hydrogens is 563 g/mol. The minimum absolute atomic E-state index is 0.204. The van der Waals surface area contributed by atoms with Crippen molar-refractivity contribution in [3.63, 3.8) is 0 Å². The highest BCUT2D eigenvalue weighted by Crippen LogP contribution is 2.37. The molecule has 1 heterocycles. The van der Waals surface area contributed by atoms with E-state index in [-0.39, 0.29) is 11.4 Å². The number of carbonyl (C=O) groups is 2. The minimum atomic E-state index is -0.569. The van der Waals surface area contributed by atoms with Crippen molar-refractivity contribution in [1.29, 1.82) is 5.26 Å². The molecule has 5 aromatic rings. The maximum absolute atomic E-state index is 13.3. The zero-order chi connectivity index (χ0) is 28.9. The van der Waals surface area contributed by atoms with Crippen LogP contribution in [-0.2, 0) is 0 Å². The molecule has 0 fully saturated rings. The minimum Gasteiger partial charge on any atom is -0.493 e. The van der Waals surface area contributed by atoms with Gasteiger partial charge in [-0.3, -0.25) is 4.79 Å². The van der Waals surface area contributed by atoms with E-state index in [0.29, 0.717) is 54.5 Å². The summed E-state index contributed by atoms with van der Waals surface area (Å²) >= 11 is 12.4. The molecule has 5 rings (SSSR count). The number of benzene rings is 4. The molecule has 0 radical (unpaired) electrons. The Bertz CT molecular complexity index is 1860. The molecule has 8 nitrogen and oxygen atoms in total. The molecule has 10 heteroatoms. The van der Waals surface area contributed by atoms with Crippen LogP contribution in [0.1, 0.15) is 32.0 Å². The number of nitriles is 1. The molecule has 0 unspecified atom stereocenters. The summed E-state index contributed by atoms with van der Waals surface area (Å²) in [6, 6.07) is 25.7. The van der Waals surface area contributed by atoms with E-state index >= 15 is 0 Å². The van der Waals surface area contributed by atoms with Crippen molar-refractivity contribution in [2.45, 2.75) is 0 Å². The number of H-pyrrole nitrogens is 1. The van der Waals surface area contributed by atoms with Crippen LogP contribution in [-0.4, -0.2) is 30.2 Å². The van der Waals surface area contributed by atoms with Crippen molar-refractivity contribution in [2.24, 2.45) is 5.10 Å². The summed E-state index contributed by atoms with van der Waals surface area (Å²) < 4.78 is 10.9. The highest BCUT2D eigenvalue weighted by atomic mass is 35.5. The number of hydrogen-bond acceptors (Lipinski definition) is 6. The van der Waals surface area contributed by atoms with E-state index in [4.69, 9.17) is 32.7 Å². The molecule has 0 atom stereocenters. The van der Waals surface area contributed by atoms with Gasteiger partial charge in [0.1, 0.15) is 11.8 Å². The van der Waals surface area contributed by atoms with Crippen LogP contribution in [0.2, 0.25) is 10.0 Å². The predicted octanol–water partition coefficient (Wildman–Crippen LogP) is 7.01. The van der Waals surface area contributed by atoms with Gasteiger partial charge in [-0.25, -0.2) is 10.2 Å². The van der Waals surface area contributed by atoms with Crippen molar-refractivity contribution < 1.29 is 19.1 Å². The van der Waals surface area contributed by atoms with Crippen molar-refractivity contribution in [1.82, 2.24) is 10.4 Å². The van der Waals surface area contributed by atoms with E-state index in [1.54, 1.807) is 72.8 Å². The number of hydrogen-bond donors (Lipinski definition) is 2. The standard InChI is InChI=1S/C31H20Cl2N4O4/c1-40-26-15-18(9-14-25(26)41-31(39)19-10-12-21(32)13-11-19)17-35-37-30(38)29-27(22-6-2-3-8-24(22)33)23-7-4-5-20(16-34)28(23)36-29/h2-15,17,36H,1H3,(H,37,38). The third-order valence-electron chi connectivity index (χ3n) is 6.17. The fourth-order valence-corrected chi connectivity index (χ4v) is 4.60. The van der Waals surface area contributed by atoms with Crippen molar-refractivity contribution in [2.75, 3.05) is 7.11 Å². The summed E-state index contributed by atoms with van der Waals surface area (Å²) in [7, 11) is 1.44. The summed E-state index contributed by atoms with van der Waals surface area (Å²) in [5.41, 5.74) is 5.74. The van der Waals surface area contributed by atoms with Crippen molar-refractivity contribution >= 4 is 52.2 Å². The van der Waals surface area contributed by atoms with E-state index in [1.807, 2.05) is 12.1 Å². The molecule has 202 valence electrons. The highest BCUT2D eigenvalue weighted by Gasteiger charge is 2.22. The summed E-state index contributed by atoms with van der Waals surface area (Å²) in [4.78, 5) is 28.9. The van der Waals surface area contributed by atoms with Crippen LogP contribution in [0, 0.1) is 11.3 Å². The number of aromatic nitrogens is 1. The number of amides is 1. The van der Waals surface area contributed by atoms with Gasteiger partial charge in [-0.2, -0.15) is 10.4 Å². The molecule has 1 aromatic heterocycles. The Morgan fingerprint density at radius 2 is 1.76 bits per heavy atom. The number of nitrogens with one attached hydrogen (secondary N) is 2. The average Bonchev–Trinajstić information content (AvgIpc) is 3.38. The molecule has 0 aliphatic heterocycles. The van der Waals surface area contributed by atoms with Gasteiger partial charge in [0.25, 0.3) is 5.91 Å². The molecule has 4 aromatic carbocycles. The van der Waals surface area contributed by atoms with Gasteiger partial charge >= 0.3 is 5.97 Å². The zero-order valence-corrected chi connectivity index (χ0v) is 23.0. The van der Waals surface area contributed by atoms with Gasteiger partial charge in [-0.05, 0) is 60.2 Å². The van der Waals surface area contributed by atoms with Crippen molar-refractivity contribution in [3.8, 4) is 28.7 Å². The summed E-state index contributed by atoms with van der Waals surface area (Å²) in [5, 5.41) is 15.3. The summed E-state index contributed by atoms with van der Waals surface area (Å²) in [5.74, 6) is -0.592. The first-order chi connectivity index (χ1) is 19.9. The number of fused-ring (bicyclic) bond motifs is 1. The Balaban J connectivity index is 1.38. The molecule has 0 aliphatic rings. The first kappa shape index (κ1) is 27.5. The van der Waals surface area contributed by atoms with E-state index in [0.717, 1.165) is 0 Å². The van der Waals surface area contributed by atoms with Crippen LogP contribution < -0.4 is 14.9 Å². The second-order valence-corrected chi connectivity index (χ2v) is 9.54. The van der Waals surface area contributed by atoms with E-state index in [2.05, 4.69) is 21.6 Å². The maximum Gasteiger partial charge on any atom is 0.343 e. The Morgan fingerprint density at radius 1 is 0.976 bits per heavy atom. The zero-order valence-electron chi connectivity index (χ0n) is 21.4. The topological polar surface area (TPSA) is 117 Å². The molecule has 1 amide bonds. The van der Waals surface area contributed by atoms with Crippen LogP contribution >= 0.6 is 23.2 Å². The number of rotatable bonds is 7. The molecule has 0 aliphatic carbocycles. The van der Waals surface area contributed by atoms with Gasteiger partial charge < -0.3 is 14.5 Å². The molecule has 0 spiro atoms. The molecule has 0 saturated carbocycles. The lowest BCUT2D eigenvalue weighted by Gasteiger charge is -2.10. The lowest BCUT2D eigenvalue weighted by atomic mass is 10.0. The number of para-hydroxylation sites is 1. The number of aromatic amines is 1. The van der Waals surface area contributed by atoms with Crippen LogP contribution in [0.25, 0.3) is 22.0 Å². The first-order valence-corrected chi connectivity index (χ1v) is 12.9. The smallest absolute Gasteiger partial charge is 0.343 e. The Morgan fingerprint density at radius 3 is 2.49 bits per heavy atom. The largest absolute Gasteiger partial charge is 0.493 e. The summed E-state index contributed by atoms with van der Waals surface area (Å²) in [6.07, 6.45) is 1.42. The lowest BCUT2D eigenvalue weighted by Crippen LogP contribution is -2.19.